The molecule has 0 aliphatic heterocycles. The zero-order valence-electron chi connectivity index (χ0n) is 37.5. The first-order valence-electron chi connectivity index (χ1n) is 21.3. The molecule has 1 nitrogen and oxygen atoms in total. The third-order valence-electron chi connectivity index (χ3n) is 8.12. The summed E-state index contributed by atoms with van der Waals surface area (Å²) in [5.74, 6) is 0. The van der Waals surface area contributed by atoms with Gasteiger partial charge in [-0.1, -0.05) is 170 Å². The van der Waals surface area contributed by atoms with E-state index in [9.17, 15) is 2.74 Å². The van der Waals surface area contributed by atoms with Gasteiger partial charge < -0.3 is 4.42 Å². The van der Waals surface area contributed by atoms with Crippen LogP contribution in [0.5, 0.6) is 0 Å². The second-order valence-corrected chi connectivity index (χ2v) is 10.6. The Kier molecular flexibility index (Phi) is 3.50. The summed E-state index contributed by atoms with van der Waals surface area (Å²) in [5, 5.41) is 3.93. The van der Waals surface area contributed by atoms with Crippen LogP contribution in [0.25, 0.3) is 88.0 Å². The van der Waals surface area contributed by atoms with Gasteiger partial charge in [0.25, 0.3) is 0 Å². The normalized spacial score (nSPS) is 15.9. The summed E-state index contributed by atoms with van der Waals surface area (Å²) in [7, 11) is 0. The Morgan fingerprint density at radius 2 is 0.756 bits per heavy atom. The smallest absolute Gasteiger partial charge is 0.143 e. The van der Waals surface area contributed by atoms with Crippen molar-refractivity contribution in [2.75, 3.05) is 0 Å². The Hall–Kier alpha value is -5.92. The van der Waals surface area contributed by atoms with E-state index in [1.165, 1.54) is 0 Å². The lowest BCUT2D eigenvalue weighted by Crippen LogP contribution is -1.91. The first-order chi connectivity index (χ1) is 28.2. The van der Waals surface area contributed by atoms with Crippen LogP contribution >= 0.6 is 0 Å². The van der Waals surface area contributed by atoms with Crippen molar-refractivity contribution in [3.63, 3.8) is 0 Å². The predicted octanol–water partition coefficient (Wildman–Crippen LogP) is 12.6. The van der Waals surface area contributed by atoms with Crippen molar-refractivity contribution in [3.8, 4) is 44.5 Å². The molecule has 0 bridgehead atoms. The third kappa shape index (κ3) is 4.09. The maximum Gasteiger partial charge on any atom is 0.143 e. The molecule has 9 rings (SSSR count). The highest BCUT2D eigenvalue weighted by atomic mass is 16.3. The summed E-state index contributed by atoms with van der Waals surface area (Å²) < 4.78 is 127. The van der Waals surface area contributed by atoms with E-state index in [4.69, 9.17) is 20.9 Å². The maximum atomic E-state index is 9.33. The number of rotatable bonds is 4. The molecule has 210 valence electrons. The number of para-hydroxylation sites is 2. The van der Waals surface area contributed by atoms with Gasteiger partial charge in [0.1, 0.15) is 11.2 Å². The van der Waals surface area contributed by atoms with Gasteiger partial charge in [-0.25, -0.2) is 0 Å². The zero-order chi connectivity index (χ0) is 41.9. The van der Waals surface area contributed by atoms with Crippen molar-refractivity contribution in [1.29, 1.82) is 0 Å². The molecule has 0 saturated carbocycles. The molecule has 0 atom stereocenters. The van der Waals surface area contributed by atoms with Crippen LogP contribution in [0.1, 0.15) is 19.2 Å². The van der Waals surface area contributed by atoms with Crippen LogP contribution in [0.2, 0.25) is 0 Å². The van der Waals surface area contributed by atoms with Gasteiger partial charge in [0, 0.05) is 27.5 Å². The number of fused-ring (bicyclic) bond motifs is 5. The Balaban J connectivity index is 1.35. The molecule has 0 N–H and O–H groups in total. The fraction of sp³-hybridized carbons (Fsp3) is 0. The van der Waals surface area contributed by atoms with Crippen molar-refractivity contribution in [1.82, 2.24) is 0 Å². The van der Waals surface area contributed by atoms with Gasteiger partial charge in [-0.2, -0.15) is 0 Å². The molecule has 0 aliphatic rings. The van der Waals surface area contributed by atoms with Crippen LogP contribution in [0.15, 0.2) is 174 Å². The number of furan rings is 1. The fourth-order valence-corrected chi connectivity index (χ4v) is 6.22. The van der Waals surface area contributed by atoms with E-state index < -0.39 is 83.6 Å². The van der Waals surface area contributed by atoms with Gasteiger partial charge in [0.05, 0.1) is 19.2 Å². The Labute approximate surface area is 281 Å². The lowest BCUT2D eigenvalue weighted by atomic mass is 9.85. The summed E-state index contributed by atoms with van der Waals surface area (Å²) in [6.07, 6.45) is 0. The average Bonchev–Trinajstić information content (AvgIpc) is 3.64. The lowest BCUT2D eigenvalue weighted by molar-refractivity contribution is 0.671. The fourth-order valence-electron chi connectivity index (χ4n) is 6.22. The molecular formula is C44H28O. The summed E-state index contributed by atoms with van der Waals surface area (Å²) in [5.41, 5.74) is 2.12. The van der Waals surface area contributed by atoms with E-state index in [0.29, 0.717) is 60.2 Å². The molecule has 0 aliphatic carbocycles. The van der Waals surface area contributed by atoms with E-state index in [1.54, 1.807) is 24.3 Å². The first kappa shape index (κ1) is 15.2. The van der Waals surface area contributed by atoms with Crippen LogP contribution in [0.4, 0.5) is 0 Å². The maximum absolute atomic E-state index is 9.33. The van der Waals surface area contributed by atoms with Crippen LogP contribution < -0.4 is 0 Å². The van der Waals surface area contributed by atoms with Gasteiger partial charge in [0.15, 0.2) is 0 Å². The van der Waals surface area contributed by atoms with Crippen LogP contribution in [-0.2, 0) is 0 Å². The van der Waals surface area contributed by atoms with E-state index in [0.717, 1.165) is 5.56 Å². The van der Waals surface area contributed by atoms with Crippen molar-refractivity contribution in [2.24, 2.45) is 0 Å². The SMILES string of the molecule is [2H]c1c([2H])c([2H])c(-c2c([2H])c([2H])c(-c3c4ccccc4c(-c4cccc5c4oc4c(-c6c([2H])c([2H])c([2H])c([2H])c6[2H])cccc45)c4ccccc34)c([2H])c2[2H])c([2H])c1[2H]. The molecule has 0 saturated heterocycles. The minimum Gasteiger partial charge on any atom is -0.455 e. The highest BCUT2D eigenvalue weighted by molar-refractivity contribution is 6.24. The second kappa shape index (κ2) is 10.4. The van der Waals surface area contributed by atoms with Gasteiger partial charge >= 0.3 is 0 Å². The van der Waals surface area contributed by atoms with E-state index in [1.807, 2.05) is 60.7 Å². The second-order valence-electron chi connectivity index (χ2n) is 10.6. The summed E-state index contributed by atoms with van der Waals surface area (Å²) in [4.78, 5) is 0. The summed E-state index contributed by atoms with van der Waals surface area (Å²) in [6, 6.07) is 18.3. The molecule has 1 aromatic heterocycles. The van der Waals surface area contributed by atoms with Gasteiger partial charge in [0.2, 0.25) is 0 Å². The Bertz CT molecular complexity index is 3190. The summed E-state index contributed by atoms with van der Waals surface area (Å²) >= 11 is 0. The molecule has 1 heterocycles. The van der Waals surface area contributed by atoms with Crippen molar-refractivity contribution < 1.29 is 23.6 Å². The first-order valence-corrected chi connectivity index (χ1v) is 14.3. The van der Waals surface area contributed by atoms with Crippen molar-refractivity contribution in [2.45, 2.75) is 0 Å². The summed E-state index contributed by atoms with van der Waals surface area (Å²) in [6.45, 7) is 0. The molecule has 8 aromatic carbocycles. The average molecular weight is 587 g/mol. The highest BCUT2D eigenvalue weighted by Crippen LogP contribution is 2.47. The third-order valence-corrected chi connectivity index (χ3v) is 8.12. The van der Waals surface area contributed by atoms with Gasteiger partial charge in [-0.05, 0) is 49.4 Å². The monoisotopic (exact) mass is 586 g/mol. The number of hydrogen-bond acceptors (Lipinski definition) is 1. The van der Waals surface area contributed by atoms with Gasteiger partial charge in [-0.15, -0.1) is 0 Å². The minimum atomic E-state index is -0.653. The van der Waals surface area contributed by atoms with E-state index in [2.05, 4.69) is 0 Å². The van der Waals surface area contributed by atoms with Crippen molar-refractivity contribution >= 4 is 43.5 Å². The van der Waals surface area contributed by atoms with E-state index in [-0.39, 0.29) is 23.2 Å². The number of benzene rings is 8. The molecule has 45 heavy (non-hydrogen) atoms. The topological polar surface area (TPSA) is 13.1 Å². The molecular weight excluding hydrogens is 544 g/mol. The standard InChI is InChI=1S/C44H28O/c1-3-13-29(14-4-1)30-25-27-32(28-26-30)41-34-17-7-9-19-36(34)42(37-20-10-8-18-35(37)41)40-24-12-23-39-38-22-11-21-33(43(38)45-44(39)40)31-15-5-2-6-16-31/h1-28H/i1D,2D,3D,4D,5D,6D,13D,14D,15D,16D,25D,26D,27D,28D. The molecule has 0 radical (unpaired) electrons. The van der Waals surface area contributed by atoms with Crippen LogP contribution in [-0.4, -0.2) is 0 Å². The Morgan fingerprint density at radius 3 is 1.33 bits per heavy atom. The zero-order valence-corrected chi connectivity index (χ0v) is 23.5. The lowest BCUT2D eigenvalue weighted by Gasteiger charge is -2.18. The highest BCUT2D eigenvalue weighted by Gasteiger charge is 2.21. The predicted molar refractivity (Wildman–Crippen MR) is 190 cm³/mol. The minimum absolute atomic E-state index is 0.0139. The van der Waals surface area contributed by atoms with Crippen LogP contribution in [0.3, 0.4) is 0 Å². The molecule has 0 fully saturated rings. The Morgan fingerprint density at radius 1 is 0.333 bits per heavy atom. The quantitative estimate of drug-likeness (QED) is 0.187. The number of hydrogen-bond donors (Lipinski definition) is 0. The van der Waals surface area contributed by atoms with Crippen molar-refractivity contribution in [3.05, 3.63) is 170 Å². The van der Waals surface area contributed by atoms with Crippen LogP contribution in [0, 0.1) is 0 Å². The van der Waals surface area contributed by atoms with E-state index >= 15 is 0 Å². The molecule has 0 spiro atoms. The molecule has 0 unspecified atom stereocenters. The van der Waals surface area contributed by atoms with Gasteiger partial charge in [-0.3, -0.25) is 0 Å². The molecule has 1 heteroatoms. The largest absolute Gasteiger partial charge is 0.455 e. The molecule has 9 aromatic rings. The molecule has 0 amide bonds.